The number of benzene rings is 2. The van der Waals surface area contributed by atoms with Crippen LogP contribution in [0.4, 0.5) is 22.0 Å². The minimum absolute atomic E-state index is 0.0251. The van der Waals surface area contributed by atoms with E-state index >= 15 is 0 Å². The first-order valence-corrected chi connectivity index (χ1v) is 11.3. The highest BCUT2D eigenvalue weighted by atomic mass is 19.1. The maximum absolute atomic E-state index is 14.3. The van der Waals surface area contributed by atoms with Crippen LogP contribution in [0.3, 0.4) is 0 Å². The zero-order valence-corrected chi connectivity index (χ0v) is 19.1. The van der Waals surface area contributed by atoms with E-state index in [0.29, 0.717) is 29.1 Å². The van der Waals surface area contributed by atoms with Gasteiger partial charge in [-0.05, 0) is 42.7 Å². The molecule has 2 heterocycles. The van der Waals surface area contributed by atoms with E-state index in [1.54, 1.807) is 42.5 Å². The van der Waals surface area contributed by atoms with Crippen LogP contribution in [-0.2, 0) is 4.74 Å². The number of para-hydroxylation sites is 1. The van der Waals surface area contributed by atoms with Gasteiger partial charge in [-0.15, -0.1) is 0 Å². The van der Waals surface area contributed by atoms with Crippen LogP contribution >= 0.6 is 0 Å². The number of nitrogens with one attached hydrogen (secondary N) is 1. The van der Waals surface area contributed by atoms with E-state index in [1.165, 1.54) is 13.2 Å². The largest absolute Gasteiger partial charge is 0.465 e. The number of ether oxygens (including phenoxy) is 2. The number of nitrogens with zero attached hydrogens (tertiary/aromatic N) is 4. The summed E-state index contributed by atoms with van der Waals surface area (Å²) in [6.07, 6.45) is 9.55. The molecule has 35 heavy (non-hydrogen) atoms. The van der Waals surface area contributed by atoms with Crippen LogP contribution in [0, 0.1) is 17.7 Å². The van der Waals surface area contributed by atoms with Gasteiger partial charge in [0.15, 0.2) is 0 Å². The molecule has 8 nitrogen and oxygen atoms in total. The predicted molar refractivity (Wildman–Crippen MR) is 129 cm³/mol. The third-order valence-electron chi connectivity index (χ3n) is 6.01. The summed E-state index contributed by atoms with van der Waals surface area (Å²) in [5.41, 5.74) is 0.575. The fraction of sp³-hybridized carbons (Fsp3) is 0.231. The van der Waals surface area contributed by atoms with Gasteiger partial charge in [-0.1, -0.05) is 42.5 Å². The standard InChI is InChI=1S/C26H24FN5O3/c1-34-23(33)18-9-6-10-20(15-18)35-26-30-24(28-22-12-5-4-11-21(22)27)29-25(31-26)32-14-13-17-7-2-3-8-19(17)16-32/h2-12,15,17,19H,13-14,16H2,1H3,(H,28,29,30,31)/t17-,19+/m1/s1. The highest BCUT2D eigenvalue weighted by Crippen LogP contribution is 2.32. The van der Waals surface area contributed by atoms with Gasteiger partial charge >= 0.3 is 12.0 Å². The lowest BCUT2D eigenvalue weighted by atomic mass is 9.83. The summed E-state index contributed by atoms with van der Waals surface area (Å²) >= 11 is 0. The van der Waals surface area contributed by atoms with Gasteiger partial charge < -0.3 is 19.7 Å². The Kier molecular flexibility index (Phi) is 6.38. The molecule has 178 valence electrons. The molecule has 0 saturated carbocycles. The van der Waals surface area contributed by atoms with Crippen molar-refractivity contribution in [1.82, 2.24) is 15.0 Å². The van der Waals surface area contributed by atoms with Crippen LogP contribution in [0.5, 0.6) is 11.8 Å². The quantitative estimate of drug-likeness (QED) is 0.506. The highest BCUT2D eigenvalue weighted by Gasteiger charge is 2.29. The van der Waals surface area contributed by atoms with Crippen molar-refractivity contribution in [3.05, 3.63) is 84.2 Å². The average molecular weight is 474 g/mol. The smallest absolute Gasteiger partial charge is 0.337 e. The lowest BCUT2D eigenvalue weighted by Gasteiger charge is -2.37. The van der Waals surface area contributed by atoms with Crippen LogP contribution in [0.25, 0.3) is 0 Å². The Morgan fingerprint density at radius 1 is 1.06 bits per heavy atom. The SMILES string of the molecule is COC(=O)c1cccc(Oc2nc(Nc3ccccc3F)nc(N3CC[C@H]4C=CC=C[C@H]4C3)n2)c1. The number of fused-ring (bicyclic) bond motifs is 1. The number of hydrogen-bond acceptors (Lipinski definition) is 8. The monoisotopic (exact) mass is 473 g/mol. The van der Waals surface area contributed by atoms with Crippen LogP contribution in [0.1, 0.15) is 16.8 Å². The Bertz CT molecular complexity index is 1300. The number of aromatic nitrogens is 3. The molecule has 1 aromatic heterocycles. The molecule has 0 bridgehead atoms. The molecule has 0 spiro atoms. The molecule has 5 rings (SSSR count). The van der Waals surface area contributed by atoms with E-state index in [0.717, 1.165) is 19.5 Å². The highest BCUT2D eigenvalue weighted by molar-refractivity contribution is 5.89. The Labute approximate surface area is 202 Å². The first kappa shape index (κ1) is 22.5. The molecule has 1 aliphatic carbocycles. The first-order valence-electron chi connectivity index (χ1n) is 11.3. The molecule has 1 N–H and O–H groups in total. The molecular formula is C26H24FN5O3. The summed E-state index contributed by atoms with van der Waals surface area (Å²) in [5.74, 6) is 0.884. The third kappa shape index (κ3) is 5.13. The lowest BCUT2D eigenvalue weighted by molar-refractivity contribution is 0.0600. The van der Waals surface area contributed by atoms with Crippen molar-refractivity contribution in [2.24, 2.45) is 11.8 Å². The molecule has 3 aromatic rings. The number of anilines is 3. The molecule has 0 radical (unpaired) electrons. The van der Waals surface area contributed by atoms with E-state index in [1.807, 2.05) is 0 Å². The number of methoxy groups -OCH3 is 1. The van der Waals surface area contributed by atoms with Crippen molar-refractivity contribution in [2.75, 3.05) is 30.4 Å². The molecule has 1 aliphatic heterocycles. The normalized spacial score (nSPS) is 18.6. The summed E-state index contributed by atoms with van der Waals surface area (Å²) in [5, 5.41) is 2.93. The van der Waals surface area contributed by atoms with Gasteiger partial charge in [0, 0.05) is 19.0 Å². The zero-order valence-electron chi connectivity index (χ0n) is 19.1. The van der Waals surface area contributed by atoms with Crippen molar-refractivity contribution in [1.29, 1.82) is 0 Å². The second kappa shape index (κ2) is 9.92. The topological polar surface area (TPSA) is 89.5 Å². The zero-order chi connectivity index (χ0) is 24.2. The Hall–Kier alpha value is -4.27. The average Bonchev–Trinajstić information content (AvgIpc) is 2.89. The van der Waals surface area contributed by atoms with E-state index in [4.69, 9.17) is 9.47 Å². The fourth-order valence-corrected chi connectivity index (χ4v) is 4.22. The summed E-state index contributed by atoms with van der Waals surface area (Å²) in [4.78, 5) is 27.4. The van der Waals surface area contributed by atoms with E-state index in [-0.39, 0.29) is 17.6 Å². The summed E-state index contributed by atoms with van der Waals surface area (Å²) in [7, 11) is 1.31. The Morgan fingerprint density at radius 3 is 2.71 bits per heavy atom. The van der Waals surface area contributed by atoms with Gasteiger partial charge in [-0.2, -0.15) is 15.0 Å². The Balaban J connectivity index is 1.46. The predicted octanol–water partition coefficient (Wildman–Crippen LogP) is 4.90. The van der Waals surface area contributed by atoms with Crippen molar-refractivity contribution in [3.8, 4) is 11.8 Å². The van der Waals surface area contributed by atoms with Crippen molar-refractivity contribution in [2.45, 2.75) is 6.42 Å². The van der Waals surface area contributed by atoms with Gasteiger partial charge in [-0.25, -0.2) is 9.18 Å². The Morgan fingerprint density at radius 2 is 1.89 bits per heavy atom. The number of rotatable bonds is 6. The van der Waals surface area contributed by atoms with Crippen molar-refractivity contribution < 1.29 is 18.7 Å². The van der Waals surface area contributed by atoms with E-state index in [9.17, 15) is 9.18 Å². The number of carbonyl (C=O) groups excluding carboxylic acids is 1. The summed E-state index contributed by atoms with van der Waals surface area (Å²) < 4.78 is 25.0. The first-order chi connectivity index (χ1) is 17.1. The van der Waals surface area contributed by atoms with Crippen LogP contribution in [0.15, 0.2) is 72.8 Å². The van der Waals surface area contributed by atoms with Gasteiger partial charge in [0.2, 0.25) is 11.9 Å². The number of halogens is 1. The maximum atomic E-state index is 14.3. The number of piperidine rings is 1. The van der Waals surface area contributed by atoms with Crippen LogP contribution < -0.4 is 15.0 Å². The van der Waals surface area contributed by atoms with Crippen LogP contribution in [0.2, 0.25) is 0 Å². The molecule has 1 fully saturated rings. The molecule has 2 aliphatic rings. The second-order valence-corrected chi connectivity index (χ2v) is 8.30. The van der Waals surface area contributed by atoms with E-state index < -0.39 is 11.8 Å². The minimum atomic E-state index is -0.480. The molecule has 9 heteroatoms. The molecule has 1 saturated heterocycles. The lowest BCUT2D eigenvalue weighted by Crippen LogP contribution is -2.40. The third-order valence-corrected chi connectivity index (χ3v) is 6.01. The van der Waals surface area contributed by atoms with Crippen LogP contribution in [-0.4, -0.2) is 41.1 Å². The summed E-state index contributed by atoms with van der Waals surface area (Å²) in [6, 6.07) is 12.8. The number of esters is 1. The van der Waals surface area contributed by atoms with Gasteiger partial charge in [0.25, 0.3) is 0 Å². The summed E-state index contributed by atoms with van der Waals surface area (Å²) in [6.45, 7) is 1.51. The van der Waals surface area contributed by atoms with Gasteiger partial charge in [0.1, 0.15) is 11.6 Å². The van der Waals surface area contributed by atoms with Gasteiger partial charge in [-0.3, -0.25) is 0 Å². The van der Waals surface area contributed by atoms with E-state index in [2.05, 4.69) is 49.5 Å². The fourth-order valence-electron chi connectivity index (χ4n) is 4.22. The van der Waals surface area contributed by atoms with Crippen molar-refractivity contribution >= 4 is 23.6 Å². The molecule has 2 atom stereocenters. The molecular weight excluding hydrogens is 449 g/mol. The minimum Gasteiger partial charge on any atom is -0.465 e. The number of allylic oxidation sites excluding steroid dienone is 3. The van der Waals surface area contributed by atoms with Gasteiger partial charge in [0.05, 0.1) is 18.4 Å². The number of hydrogen-bond donors (Lipinski definition) is 1. The maximum Gasteiger partial charge on any atom is 0.337 e. The number of carbonyl (C=O) groups is 1. The molecule has 2 aromatic carbocycles. The second-order valence-electron chi connectivity index (χ2n) is 8.30. The van der Waals surface area contributed by atoms with Crippen molar-refractivity contribution in [3.63, 3.8) is 0 Å². The molecule has 0 amide bonds. The molecule has 0 unspecified atom stereocenters.